The molecule has 1 atom stereocenters. The van der Waals surface area contributed by atoms with E-state index in [0.717, 1.165) is 17.2 Å². The zero-order valence-electron chi connectivity index (χ0n) is 10.7. The maximum atomic E-state index is 6.23. The van der Waals surface area contributed by atoms with Gasteiger partial charge in [-0.2, -0.15) is 0 Å². The number of benzene rings is 1. The van der Waals surface area contributed by atoms with Crippen LogP contribution in [0, 0.1) is 0 Å². The van der Waals surface area contributed by atoms with Crippen molar-refractivity contribution >= 4 is 0 Å². The second-order valence-corrected chi connectivity index (χ2v) is 5.24. The van der Waals surface area contributed by atoms with Crippen LogP contribution in [0.25, 0.3) is 0 Å². The summed E-state index contributed by atoms with van der Waals surface area (Å²) in [5.74, 6) is 0.783. The summed E-state index contributed by atoms with van der Waals surface area (Å²) in [4.78, 5) is 4.31. The number of nitrogens with zero attached hydrogens (tertiary/aromatic N) is 2. The summed E-state index contributed by atoms with van der Waals surface area (Å²) in [6.45, 7) is 0. The molecular weight excluding hydrogens is 222 g/mol. The minimum Gasteiger partial charge on any atom is -0.340 e. The van der Waals surface area contributed by atoms with Gasteiger partial charge in [0.15, 0.2) is 0 Å². The highest BCUT2D eigenvalue weighted by atomic mass is 15.0. The maximum absolute atomic E-state index is 6.23. The van der Waals surface area contributed by atoms with Crippen LogP contribution in [0.15, 0.2) is 36.8 Å². The van der Waals surface area contributed by atoms with Crippen LogP contribution >= 0.6 is 0 Å². The van der Waals surface area contributed by atoms with Gasteiger partial charge in [0.2, 0.25) is 0 Å². The van der Waals surface area contributed by atoms with Crippen molar-refractivity contribution in [3.8, 4) is 0 Å². The van der Waals surface area contributed by atoms with Crippen LogP contribution < -0.4 is 5.73 Å². The number of hydrogen-bond acceptors (Lipinski definition) is 2. The summed E-state index contributed by atoms with van der Waals surface area (Å²) in [5, 5.41) is 0. The number of rotatable bonds is 3. The Morgan fingerprint density at radius 2 is 2.00 bits per heavy atom. The zero-order chi connectivity index (χ0) is 12.5. The third kappa shape index (κ3) is 2.06. The Morgan fingerprint density at radius 3 is 2.50 bits per heavy atom. The molecule has 18 heavy (non-hydrogen) atoms. The minimum atomic E-state index is -0.123. The van der Waals surface area contributed by atoms with Gasteiger partial charge in [0, 0.05) is 13.2 Å². The molecule has 0 radical (unpaired) electrons. The largest absolute Gasteiger partial charge is 0.340 e. The van der Waals surface area contributed by atoms with Crippen molar-refractivity contribution in [1.29, 1.82) is 0 Å². The molecule has 1 fully saturated rings. The van der Waals surface area contributed by atoms with Gasteiger partial charge in [0.05, 0.1) is 18.1 Å². The summed E-state index contributed by atoms with van der Waals surface area (Å²) in [7, 11) is 1.96. The van der Waals surface area contributed by atoms with E-state index in [2.05, 4.69) is 29.2 Å². The molecule has 1 aromatic heterocycles. The summed E-state index contributed by atoms with van der Waals surface area (Å²) in [5.41, 5.74) is 9.74. The summed E-state index contributed by atoms with van der Waals surface area (Å²) in [6.07, 6.45) is 7.82. The molecule has 0 aliphatic heterocycles. The second-order valence-electron chi connectivity index (χ2n) is 5.24. The summed E-state index contributed by atoms with van der Waals surface area (Å²) in [6, 6.07) is 8.62. The van der Waals surface area contributed by atoms with E-state index in [1.54, 1.807) is 6.33 Å². The first-order chi connectivity index (χ1) is 8.74. The Hall–Kier alpha value is -1.61. The van der Waals surface area contributed by atoms with Crippen molar-refractivity contribution in [3.05, 3.63) is 53.6 Å². The molecule has 3 nitrogen and oxygen atoms in total. The Labute approximate surface area is 108 Å². The Morgan fingerprint density at radius 1 is 1.28 bits per heavy atom. The first-order valence-electron chi connectivity index (χ1n) is 6.57. The van der Waals surface area contributed by atoms with Gasteiger partial charge in [-0.15, -0.1) is 0 Å². The molecule has 0 spiro atoms. The van der Waals surface area contributed by atoms with E-state index in [1.807, 2.05) is 17.8 Å². The predicted molar refractivity (Wildman–Crippen MR) is 72.3 cm³/mol. The van der Waals surface area contributed by atoms with Crippen molar-refractivity contribution in [2.24, 2.45) is 12.8 Å². The van der Waals surface area contributed by atoms with E-state index in [-0.39, 0.29) is 6.04 Å². The van der Waals surface area contributed by atoms with Gasteiger partial charge in [0.1, 0.15) is 0 Å². The van der Waals surface area contributed by atoms with Gasteiger partial charge < -0.3 is 10.3 Å². The standard InChI is InChI=1S/C15H19N3/c1-18-9-14(17-10-18)15(16)13-7-5-12(6-8-13)11-3-2-4-11/h5-11,15H,2-4,16H2,1H3. The van der Waals surface area contributed by atoms with E-state index in [1.165, 1.54) is 24.8 Å². The normalized spacial score (nSPS) is 17.4. The number of nitrogens with two attached hydrogens (primary N) is 1. The van der Waals surface area contributed by atoms with Crippen LogP contribution in [0.4, 0.5) is 0 Å². The highest BCUT2D eigenvalue weighted by Crippen LogP contribution is 2.36. The fraction of sp³-hybridized carbons (Fsp3) is 0.400. The number of hydrogen-bond donors (Lipinski definition) is 1. The lowest BCUT2D eigenvalue weighted by Crippen LogP contribution is -2.13. The van der Waals surface area contributed by atoms with Gasteiger partial charge in [-0.25, -0.2) is 4.98 Å². The number of aromatic nitrogens is 2. The average Bonchev–Trinajstić information content (AvgIpc) is 2.74. The van der Waals surface area contributed by atoms with Gasteiger partial charge in [-0.05, 0) is 29.9 Å². The lowest BCUT2D eigenvalue weighted by atomic mass is 9.80. The lowest BCUT2D eigenvalue weighted by molar-refractivity contribution is 0.419. The highest BCUT2D eigenvalue weighted by Gasteiger charge is 2.19. The summed E-state index contributed by atoms with van der Waals surface area (Å²) < 4.78 is 1.93. The van der Waals surface area contributed by atoms with Crippen LogP contribution in [-0.4, -0.2) is 9.55 Å². The molecule has 0 amide bonds. The van der Waals surface area contributed by atoms with Crippen molar-refractivity contribution in [1.82, 2.24) is 9.55 Å². The zero-order valence-corrected chi connectivity index (χ0v) is 10.7. The lowest BCUT2D eigenvalue weighted by Gasteiger charge is -2.26. The first-order valence-corrected chi connectivity index (χ1v) is 6.57. The van der Waals surface area contributed by atoms with E-state index in [9.17, 15) is 0 Å². The van der Waals surface area contributed by atoms with E-state index in [4.69, 9.17) is 5.73 Å². The molecule has 0 bridgehead atoms. The molecule has 0 saturated heterocycles. The van der Waals surface area contributed by atoms with Gasteiger partial charge in [-0.3, -0.25) is 0 Å². The molecule has 94 valence electrons. The molecule has 2 N–H and O–H groups in total. The third-order valence-electron chi connectivity index (χ3n) is 3.92. The van der Waals surface area contributed by atoms with Crippen LogP contribution in [0.2, 0.25) is 0 Å². The smallest absolute Gasteiger partial charge is 0.0947 e. The van der Waals surface area contributed by atoms with Gasteiger partial charge >= 0.3 is 0 Å². The molecule has 3 heteroatoms. The van der Waals surface area contributed by atoms with Crippen molar-refractivity contribution in [2.45, 2.75) is 31.2 Å². The molecule has 2 aromatic rings. The molecule has 1 saturated carbocycles. The highest BCUT2D eigenvalue weighted by molar-refractivity contribution is 5.31. The van der Waals surface area contributed by atoms with E-state index < -0.39 is 0 Å². The average molecular weight is 241 g/mol. The topological polar surface area (TPSA) is 43.8 Å². The van der Waals surface area contributed by atoms with E-state index >= 15 is 0 Å². The fourth-order valence-electron chi connectivity index (χ4n) is 2.48. The predicted octanol–water partition coefficient (Wildman–Crippen LogP) is 2.74. The van der Waals surface area contributed by atoms with Gasteiger partial charge in [0.25, 0.3) is 0 Å². The second kappa shape index (κ2) is 4.58. The van der Waals surface area contributed by atoms with Crippen molar-refractivity contribution < 1.29 is 0 Å². The molecule has 1 heterocycles. The quantitative estimate of drug-likeness (QED) is 0.898. The minimum absolute atomic E-state index is 0.123. The van der Waals surface area contributed by atoms with Crippen molar-refractivity contribution in [2.75, 3.05) is 0 Å². The van der Waals surface area contributed by atoms with Crippen LogP contribution in [-0.2, 0) is 7.05 Å². The van der Waals surface area contributed by atoms with Crippen molar-refractivity contribution in [3.63, 3.8) is 0 Å². The molecular formula is C15H19N3. The fourth-order valence-corrected chi connectivity index (χ4v) is 2.48. The summed E-state index contributed by atoms with van der Waals surface area (Å²) >= 11 is 0. The van der Waals surface area contributed by atoms with Crippen LogP contribution in [0.5, 0.6) is 0 Å². The Balaban J connectivity index is 1.79. The van der Waals surface area contributed by atoms with Gasteiger partial charge in [-0.1, -0.05) is 30.7 Å². The SMILES string of the molecule is Cn1cnc(C(N)c2ccc(C3CCC3)cc2)c1. The molecule has 1 aliphatic rings. The number of imidazole rings is 1. The molecule has 1 aliphatic carbocycles. The van der Waals surface area contributed by atoms with Crippen LogP contribution in [0.3, 0.4) is 0 Å². The molecule has 1 unspecified atom stereocenters. The Kier molecular flexibility index (Phi) is 2.92. The molecule has 3 rings (SSSR count). The third-order valence-corrected chi connectivity index (χ3v) is 3.92. The monoisotopic (exact) mass is 241 g/mol. The first kappa shape index (κ1) is 11.5. The Bertz CT molecular complexity index is 523. The maximum Gasteiger partial charge on any atom is 0.0947 e. The molecule has 1 aromatic carbocycles. The van der Waals surface area contributed by atoms with E-state index in [0.29, 0.717) is 0 Å². The van der Waals surface area contributed by atoms with Crippen LogP contribution in [0.1, 0.15) is 48.0 Å². The number of aryl methyl sites for hydroxylation is 1.